The summed E-state index contributed by atoms with van der Waals surface area (Å²) in [5.41, 5.74) is 3.37. The smallest absolute Gasteiger partial charge is 0.0713 e. The standard InChI is InChI=1S/C20H24O/c1-16(20(21)13-6-7-14-20)18-11-8-12-19(15-18)17-9-4-2-3-5-10-17/h2-5,8-9,11-12,15-16,21H,6-7,10,13-14H2,1H3/t16-/m0/s1. The molecule has 1 fully saturated rings. The van der Waals surface area contributed by atoms with E-state index in [1.54, 1.807) is 0 Å². The van der Waals surface area contributed by atoms with Crippen LogP contribution in [0, 0.1) is 0 Å². The van der Waals surface area contributed by atoms with Gasteiger partial charge in [0, 0.05) is 5.92 Å². The van der Waals surface area contributed by atoms with Crippen molar-refractivity contribution in [3.63, 3.8) is 0 Å². The van der Waals surface area contributed by atoms with Crippen LogP contribution in [0.4, 0.5) is 0 Å². The van der Waals surface area contributed by atoms with Gasteiger partial charge in [-0.2, -0.15) is 0 Å². The average molecular weight is 280 g/mol. The van der Waals surface area contributed by atoms with E-state index in [4.69, 9.17) is 0 Å². The molecular weight excluding hydrogens is 256 g/mol. The number of allylic oxidation sites excluding steroid dienone is 6. The molecule has 1 aromatic rings. The van der Waals surface area contributed by atoms with E-state index in [9.17, 15) is 5.11 Å². The number of aliphatic hydroxyl groups is 1. The van der Waals surface area contributed by atoms with E-state index in [1.165, 1.54) is 16.7 Å². The monoisotopic (exact) mass is 280 g/mol. The van der Waals surface area contributed by atoms with Crippen LogP contribution in [0.5, 0.6) is 0 Å². The van der Waals surface area contributed by atoms with Gasteiger partial charge in [0.05, 0.1) is 5.60 Å². The molecule has 1 heteroatoms. The maximum Gasteiger partial charge on any atom is 0.0713 e. The molecule has 0 radical (unpaired) electrons. The van der Waals surface area contributed by atoms with E-state index in [2.05, 4.69) is 61.6 Å². The van der Waals surface area contributed by atoms with Gasteiger partial charge in [-0.15, -0.1) is 0 Å². The summed E-state index contributed by atoms with van der Waals surface area (Å²) in [6, 6.07) is 8.72. The first-order chi connectivity index (χ1) is 10.2. The van der Waals surface area contributed by atoms with E-state index in [0.717, 1.165) is 32.1 Å². The Morgan fingerprint density at radius 3 is 2.71 bits per heavy atom. The molecule has 2 aliphatic rings. The summed E-state index contributed by atoms with van der Waals surface area (Å²) in [4.78, 5) is 0. The van der Waals surface area contributed by atoms with Crippen LogP contribution in [-0.2, 0) is 0 Å². The lowest BCUT2D eigenvalue weighted by molar-refractivity contribution is 0.0242. The fourth-order valence-electron chi connectivity index (χ4n) is 3.53. The van der Waals surface area contributed by atoms with Crippen molar-refractivity contribution in [2.45, 2.75) is 50.5 Å². The van der Waals surface area contributed by atoms with Crippen molar-refractivity contribution in [2.75, 3.05) is 0 Å². The second-order valence-corrected chi connectivity index (χ2v) is 6.37. The van der Waals surface area contributed by atoms with Gasteiger partial charge in [-0.25, -0.2) is 0 Å². The van der Waals surface area contributed by atoms with Gasteiger partial charge in [0.2, 0.25) is 0 Å². The van der Waals surface area contributed by atoms with Crippen molar-refractivity contribution in [2.24, 2.45) is 0 Å². The van der Waals surface area contributed by atoms with Crippen LogP contribution >= 0.6 is 0 Å². The minimum atomic E-state index is -0.504. The van der Waals surface area contributed by atoms with Crippen LogP contribution in [-0.4, -0.2) is 10.7 Å². The highest BCUT2D eigenvalue weighted by molar-refractivity contribution is 5.69. The van der Waals surface area contributed by atoms with E-state index >= 15 is 0 Å². The van der Waals surface area contributed by atoms with E-state index in [1.807, 2.05) is 0 Å². The van der Waals surface area contributed by atoms with Gasteiger partial charge in [-0.1, -0.05) is 74.4 Å². The Bertz CT molecular complexity index is 586. The van der Waals surface area contributed by atoms with Crippen LogP contribution in [0.15, 0.2) is 54.6 Å². The molecule has 21 heavy (non-hydrogen) atoms. The molecule has 1 aromatic carbocycles. The van der Waals surface area contributed by atoms with Crippen molar-refractivity contribution >= 4 is 5.57 Å². The number of hydrogen-bond donors (Lipinski definition) is 1. The fraction of sp³-hybridized carbons (Fsp3) is 0.400. The van der Waals surface area contributed by atoms with Gasteiger partial charge in [-0.05, 0) is 36.0 Å². The highest BCUT2D eigenvalue weighted by Gasteiger charge is 2.37. The molecule has 1 N–H and O–H groups in total. The minimum Gasteiger partial charge on any atom is -0.389 e. The molecular formula is C20H24O. The van der Waals surface area contributed by atoms with Crippen LogP contribution in [0.3, 0.4) is 0 Å². The third kappa shape index (κ3) is 3.03. The zero-order valence-corrected chi connectivity index (χ0v) is 12.8. The topological polar surface area (TPSA) is 20.2 Å². The van der Waals surface area contributed by atoms with Crippen molar-refractivity contribution in [3.8, 4) is 0 Å². The lowest BCUT2D eigenvalue weighted by atomic mass is 9.81. The summed E-state index contributed by atoms with van der Waals surface area (Å²) in [5, 5.41) is 10.8. The highest BCUT2D eigenvalue weighted by atomic mass is 16.3. The Morgan fingerprint density at radius 2 is 1.90 bits per heavy atom. The molecule has 0 aromatic heterocycles. The summed E-state index contributed by atoms with van der Waals surface area (Å²) in [6.45, 7) is 2.17. The Kier molecular flexibility index (Phi) is 4.12. The Labute approximate surface area is 127 Å². The molecule has 0 amide bonds. The molecule has 3 rings (SSSR count). The Morgan fingerprint density at radius 1 is 1.10 bits per heavy atom. The molecule has 2 aliphatic carbocycles. The van der Waals surface area contributed by atoms with Gasteiger partial charge in [0.15, 0.2) is 0 Å². The molecule has 1 nitrogen and oxygen atoms in total. The van der Waals surface area contributed by atoms with Gasteiger partial charge < -0.3 is 5.11 Å². The Balaban J connectivity index is 1.88. The zero-order chi connectivity index (χ0) is 14.7. The van der Waals surface area contributed by atoms with Gasteiger partial charge in [0.1, 0.15) is 0 Å². The molecule has 0 spiro atoms. The lowest BCUT2D eigenvalue weighted by Gasteiger charge is -2.30. The molecule has 0 bridgehead atoms. The summed E-state index contributed by atoms with van der Waals surface area (Å²) in [6.07, 6.45) is 15.8. The number of hydrogen-bond acceptors (Lipinski definition) is 1. The van der Waals surface area contributed by atoms with E-state index < -0.39 is 5.60 Å². The van der Waals surface area contributed by atoms with Crippen molar-refractivity contribution in [3.05, 3.63) is 65.8 Å². The molecule has 0 saturated heterocycles. The molecule has 0 aliphatic heterocycles. The molecule has 0 unspecified atom stereocenters. The molecule has 1 saturated carbocycles. The normalized spacial score (nSPS) is 21.9. The molecule has 0 heterocycles. The SMILES string of the molecule is C[C@@H](c1cccc(C2=CC=CC=CC2)c1)C1(O)CCCC1. The molecule has 110 valence electrons. The second-order valence-electron chi connectivity index (χ2n) is 6.37. The largest absolute Gasteiger partial charge is 0.389 e. The van der Waals surface area contributed by atoms with Crippen molar-refractivity contribution in [1.29, 1.82) is 0 Å². The summed E-state index contributed by atoms with van der Waals surface area (Å²) >= 11 is 0. The van der Waals surface area contributed by atoms with Crippen LogP contribution in [0.25, 0.3) is 5.57 Å². The maximum absolute atomic E-state index is 10.8. The van der Waals surface area contributed by atoms with Gasteiger partial charge in [-0.3, -0.25) is 0 Å². The highest BCUT2D eigenvalue weighted by Crippen LogP contribution is 2.41. The fourth-order valence-corrected chi connectivity index (χ4v) is 3.53. The number of rotatable bonds is 3. The summed E-state index contributed by atoms with van der Waals surface area (Å²) in [7, 11) is 0. The third-order valence-corrected chi connectivity index (χ3v) is 5.03. The van der Waals surface area contributed by atoms with Crippen LogP contribution in [0.1, 0.15) is 56.1 Å². The third-order valence-electron chi connectivity index (χ3n) is 5.03. The van der Waals surface area contributed by atoms with Crippen LogP contribution in [0.2, 0.25) is 0 Å². The first-order valence-electron chi connectivity index (χ1n) is 8.04. The summed E-state index contributed by atoms with van der Waals surface area (Å²) in [5.74, 6) is 0.206. The molecule has 1 atom stereocenters. The second kappa shape index (κ2) is 6.03. The van der Waals surface area contributed by atoms with Crippen molar-refractivity contribution in [1.82, 2.24) is 0 Å². The zero-order valence-electron chi connectivity index (χ0n) is 12.8. The quantitative estimate of drug-likeness (QED) is 0.826. The average Bonchev–Trinajstić information content (AvgIpc) is 2.79. The Hall–Kier alpha value is -1.60. The minimum absolute atomic E-state index is 0.206. The number of benzene rings is 1. The van der Waals surface area contributed by atoms with Gasteiger partial charge >= 0.3 is 0 Å². The predicted molar refractivity (Wildman–Crippen MR) is 89.1 cm³/mol. The van der Waals surface area contributed by atoms with Crippen LogP contribution < -0.4 is 0 Å². The summed E-state index contributed by atoms with van der Waals surface area (Å²) < 4.78 is 0. The van der Waals surface area contributed by atoms with E-state index in [0.29, 0.717) is 0 Å². The predicted octanol–water partition coefficient (Wildman–Crippen LogP) is 4.99. The first kappa shape index (κ1) is 14.3. The van der Waals surface area contributed by atoms with E-state index in [-0.39, 0.29) is 5.92 Å². The van der Waals surface area contributed by atoms with Crippen molar-refractivity contribution < 1.29 is 5.11 Å². The van der Waals surface area contributed by atoms with Gasteiger partial charge in [0.25, 0.3) is 0 Å². The lowest BCUT2D eigenvalue weighted by Crippen LogP contribution is -2.31. The maximum atomic E-state index is 10.8. The first-order valence-corrected chi connectivity index (χ1v) is 8.04.